The summed E-state index contributed by atoms with van der Waals surface area (Å²) in [5.41, 5.74) is 2.50. The first-order chi connectivity index (χ1) is 19.1. The van der Waals surface area contributed by atoms with Crippen LogP contribution < -0.4 is 20.9 Å². The van der Waals surface area contributed by atoms with E-state index in [4.69, 9.17) is 10.1 Å². The predicted octanol–water partition coefficient (Wildman–Crippen LogP) is 6.70. The van der Waals surface area contributed by atoms with E-state index in [1.165, 1.54) is 6.20 Å². The Morgan fingerprint density at radius 1 is 1.05 bits per heavy atom. The Morgan fingerprint density at radius 3 is 2.38 bits per heavy atom. The van der Waals surface area contributed by atoms with E-state index in [1.54, 1.807) is 30.3 Å². The number of aromatic nitrogens is 1. The SMILES string of the molecule is CCOc1ccc(NC(=O)c2c(-c3ccc(C)cc3)cc(/C(C=N)=C/NCCCCCC(F)(F)F)[nH]c2=O)cc1. The summed E-state index contributed by atoms with van der Waals surface area (Å²) < 4.78 is 42.3. The molecule has 0 saturated carbocycles. The normalized spacial score (nSPS) is 11.7. The first kappa shape index (κ1) is 30.2. The second-order valence-electron chi connectivity index (χ2n) is 9.20. The average molecular weight is 555 g/mol. The van der Waals surface area contributed by atoms with Crippen molar-refractivity contribution in [1.82, 2.24) is 10.3 Å². The zero-order valence-electron chi connectivity index (χ0n) is 22.5. The van der Waals surface area contributed by atoms with Gasteiger partial charge in [-0.2, -0.15) is 13.2 Å². The lowest BCUT2D eigenvalue weighted by Gasteiger charge is -2.13. The molecule has 0 fully saturated rings. The van der Waals surface area contributed by atoms with Crippen molar-refractivity contribution in [3.05, 3.63) is 88.0 Å². The van der Waals surface area contributed by atoms with Crippen molar-refractivity contribution < 1.29 is 22.7 Å². The van der Waals surface area contributed by atoms with E-state index in [-0.39, 0.29) is 12.0 Å². The number of rotatable bonds is 13. The number of anilines is 1. The van der Waals surface area contributed by atoms with Crippen LogP contribution in [0.15, 0.2) is 65.6 Å². The molecule has 3 rings (SSSR count). The molecule has 0 radical (unpaired) electrons. The number of allylic oxidation sites excluding steroid dienone is 1. The number of unbranched alkanes of at least 4 members (excludes halogenated alkanes) is 2. The second-order valence-corrected chi connectivity index (χ2v) is 9.20. The summed E-state index contributed by atoms with van der Waals surface area (Å²) in [5.74, 6) is 0.0637. The zero-order chi connectivity index (χ0) is 29.1. The third kappa shape index (κ3) is 8.86. The lowest BCUT2D eigenvalue weighted by atomic mass is 9.97. The van der Waals surface area contributed by atoms with E-state index < -0.39 is 24.1 Å². The van der Waals surface area contributed by atoms with Gasteiger partial charge in [0.05, 0.1) is 12.3 Å². The van der Waals surface area contributed by atoms with Gasteiger partial charge in [-0.1, -0.05) is 36.2 Å². The number of alkyl halides is 3. The van der Waals surface area contributed by atoms with Crippen LogP contribution in [-0.4, -0.2) is 36.4 Å². The van der Waals surface area contributed by atoms with Gasteiger partial charge in [0.15, 0.2) is 0 Å². The van der Waals surface area contributed by atoms with Crippen LogP contribution in [0.1, 0.15) is 54.2 Å². The largest absolute Gasteiger partial charge is 0.494 e. The van der Waals surface area contributed by atoms with E-state index >= 15 is 0 Å². The summed E-state index contributed by atoms with van der Waals surface area (Å²) in [4.78, 5) is 29.3. The number of aryl methyl sites for hydroxylation is 1. The number of aromatic amines is 1. The van der Waals surface area contributed by atoms with Gasteiger partial charge in [-0.05, 0) is 62.6 Å². The highest BCUT2D eigenvalue weighted by molar-refractivity contribution is 6.11. The maximum atomic E-state index is 13.3. The van der Waals surface area contributed by atoms with Crippen LogP contribution in [0.5, 0.6) is 5.75 Å². The number of ether oxygens (including phenoxy) is 1. The number of hydrogen-bond donors (Lipinski definition) is 4. The Labute approximate surface area is 231 Å². The quantitative estimate of drug-likeness (QED) is 0.139. The fraction of sp³-hybridized carbons (Fsp3) is 0.300. The minimum absolute atomic E-state index is 0.0553. The molecule has 1 heterocycles. The van der Waals surface area contributed by atoms with Crippen molar-refractivity contribution >= 4 is 23.4 Å². The molecule has 1 amide bonds. The van der Waals surface area contributed by atoms with Crippen molar-refractivity contribution in [2.24, 2.45) is 0 Å². The summed E-state index contributed by atoms with van der Waals surface area (Å²) in [7, 11) is 0. The summed E-state index contributed by atoms with van der Waals surface area (Å²) in [5, 5.41) is 13.6. The van der Waals surface area contributed by atoms with Crippen LogP contribution in [0.2, 0.25) is 0 Å². The van der Waals surface area contributed by atoms with E-state index in [2.05, 4.69) is 15.6 Å². The molecule has 0 bridgehead atoms. The van der Waals surface area contributed by atoms with Crippen molar-refractivity contribution in [3.63, 3.8) is 0 Å². The molecule has 3 aromatic rings. The van der Waals surface area contributed by atoms with Gasteiger partial charge >= 0.3 is 6.18 Å². The molecule has 0 aliphatic heterocycles. The number of carbonyl (C=O) groups is 1. The van der Waals surface area contributed by atoms with Crippen LogP contribution in [0.3, 0.4) is 0 Å². The molecule has 2 aromatic carbocycles. The summed E-state index contributed by atoms with van der Waals surface area (Å²) >= 11 is 0. The maximum absolute atomic E-state index is 13.3. The lowest BCUT2D eigenvalue weighted by molar-refractivity contribution is -0.135. The van der Waals surface area contributed by atoms with Crippen molar-refractivity contribution in [3.8, 4) is 16.9 Å². The summed E-state index contributed by atoms with van der Waals surface area (Å²) in [6.45, 7) is 4.72. The van der Waals surface area contributed by atoms with Gasteiger partial charge in [-0.25, -0.2) is 0 Å². The molecular weight excluding hydrogens is 521 g/mol. The Hall–Kier alpha value is -4.34. The molecule has 4 N–H and O–H groups in total. The van der Waals surface area contributed by atoms with Gasteiger partial charge in [-0.3, -0.25) is 9.59 Å². The summed E-state index contributed by atoms with van der Waals surface area (Å²) in [6, 6.07) is 15.8. The minimum Gasteiger partial charge on any atom is -0.494 e. The Bertz CT molecular complexity index is 1380. The fourth-order valence-corrected chi connectivity index (χ4v) is 4.00. The van der Waals surface area contributed by atoms with Gasteiger partial charge < -0.3 is 25.8 Å². The molecule has 212 valence electrons. The number of benzene rings is 2. The highest BCUT2D eigenvalue weighted by atomic mass is 19.4. The van der Waals surface area contributed by atoms with Gasteiger partial charge in [0, 0.05) is 42.2 Å². The highest BCUT2D eigenvalue weighted by Gasteiger charge is 2.25. The van der Waals surface area contributed by atoms with E-state index in [1.807, 2.05) is 38.1 Å². The molecule has 1 aromatic heterocycles. The van der Waals surface area contributed by atoms with Crippen LogP contribution in [0.4, 0.5) is 18.9 Å². The van der Waals surface area contributed by atoms with Crippen LogP contribution in [0, 0.1) is 12.3 Å². The van der Waals surface area contributed by atoms with Crippen molar-refractivity contribution in [1.29, 1.82) is 5.41 Å². The number of halogens is 3. The summed E-state index contributed by atoms with van der Waals surface area (Å²) in [6.07, 6.45) is -1.39. The third-order valence-corrected chi connectivity index (χ3v) is 6.05. The first-order valence-electron chi connectivity index (χ1n) is 13.0. The topological polar surface area (TPSA) is 107 Å². The molecule has 40 heavy (non-hydrogen) atoms. The fourth-order valence-electron chi connectivity index (χ4n) is 4.00. The number of H-pyrrole nitrogens is 1. The number of hydrogen-bond acceptors (Lipinski definition) is 5. The molecule has 10 heteroatoms. The number of carbonyl (C=O) groups excluding carboxylic acids is 1. The second kappa shape index (κ2) is 14.2. The van der Waals surface area contributed by atoms with Gasteiger partial charge in [0.1, 0.15) is 11.3 Å². The third-order valence-electron chi connectivity index (χ3n) is 6.05. The lowest BCUT2D eigenvalue weighted by Crippen LogP contribution is -2.25. The number of amides is 1. The van der Waals surface area contributed by atoms with Gasteiger partial charge in [0.2, 0.25) is 0 Å². The molecule has 0 unspecified atom stereocenters. The highest BCUT2D eigenvalue weighted by Crippen LogP contribution is 2.26. The predicted molar refractivity (Wildman–Crippen MR) is 152 cm³/mol. The van der Waals surface area contributed by atoms with Crippen molar-refractivity contribution in [2.45, 2.75) is 45.7 Å². The van der Waals surface area contributed by atoms with E-state index in [0.717, 1.165) is 11.8 Å². The molecule has 0 aliphatic rings. The Morgan fingerprint density at radius 2 is 1.75 bits per heavy atom. The molecular formula is C30H33F3N4O3. The molecule has 0 aliphatic carbocycles. The Kier molecular flexibility index (Phi) is 10.7. The van der Waals surface area contributed by atoms with Crippen LogP contribution in [-0.2, 0) is 0 Å². The molecule has 7 nitrogen and oxygen atoms in total. The monoisotopic (exact) mass is 554 g/mol. The van der Waals surface area contributed by atoms with Crippen LogP contribution in [0.25, 0.3) is 16.7 Å². The van der Waals surface area contributed by atoms with E-state index in [9.17, 15) is 22.8 Å². The van der Waals surface area contributed by atoms with E-state index in [0.29, 0.717) is 59.8 Å². The standard InChI is InChI=1S/C30H33F3N4O3/c1-3-40-24-13-11-23(12-14-24)36-28(38)27-25(21-9-7-20(2)8-10-21)17-26(37-29(27)39)22(18-34)19-35-16-6-4-5-15-30(31,32)33/h7-14,17-19,34-35H,3-6,15-16H2,1-2H3,(H,36,38)(H,37,39)/b22-19+,34-18?. The number of nitrogens with one attached hydrogen (secondary N) is 4. The van der Waals surface area contributed by atoms with Gasteiger partial charge in [-0.15, -0.1) is 0 Å². The molecule has 0 atom stereocenters. The Balaban J connectivity index is 1.86. The molecule has 0 spiro atoms. The van der Waals surface area contributed by atoms with Crippen LogP contribution >= 0.6 is 0 Å². The smallest absolute Gasteiger partial charge is 0.389 e. The zero-order valence-corrected chi connectivity index (χ0v) is 22.5. The minimum atomic E-state index is -4.15. The maximum Gasteiger partial charge on any atom is 0.389 e. The average Bonchev–Trinajstić information content (AvgIpc) is 2.91. The molecule has 0 saturated heterocycles. The van der Waals surface area contributed by atoms with Gasteiger partial charge in [0.25, 0.3) is 11.5 Å². The van der Waals surface area contributed by atoms with Crippen molar-refractivity contribution in [2.75, 3.05) is 18.5 Å². The first-order valence-corrected chi connectivity index (χ1v) is 13.0. The number of pyridine rings is 1.